The fraction of sp³-hybridized carbons (Fsp3) is 0.522. The van der Waals surface area contributed by atoms with Crippen LogP contribution >= 0.6 is 0 Å². The Kier molecular flexibility index (Phi) is 6.11. The minimum atomic E-state index is -4.36. The highest BCUT2D eigenvalue weighted by molar-refractivity contribution is 5.94. The summed E-state index contributed by atoms with van der Waals surface area (Å²) in [5.74, 6) is 0.529. The van der Waals surface area contributed by atoms with Gasteiger partial charge in [-0.2, -0.15) is 23.0 Å². The molecule has 2 fully saturated rings. The van der Waals surface area contributed by atoms with Gasteiger partial charge in [0.05, 0.1) is 5.56 Å². The van der Waals surface area contributed by atoms with Crippen LogP contribution in [0.1, 0.15) is 47.8 Å². The van der Waals surface area contributed by atoms with E-state index >= 15 is 0 Å². The molecule has 1 aliphatic heterocycles. The standard InChI is InChI=1S/C23H27F3N4O2/c1-3-21(31)20-8-9-30(27-20)22(32)29-13-16-10-18(11-17(16)14-29)28(2)12-15-6-4-5-7-19(15)23(24,25)26/h4-9,16-18H,3,10-14H2,1-2H3/t16-,17+,18?. The van der Waals surface area contributed by atoms with Crippen molar-refractivity contribution in [1.82, 2.24) is 19.6 Å². The molecule has 2 heterocycles. The van der Waals surface area contributed by atoms with Crippen molar-refractivity contribution < 1.29 is 22.8 Å². The van der Waals surface area contributed by atoms with Gasteiger partial charge in [0.15, 0.2) is 5.78 Å². The quantitative estimate of drug-likeness (QED) is 0.640. The number of rotatable bonds is 5. The Balaban J connectivity index is 1.35. The number of aromatic nitrogens is 2. The van der Waals surface area contributed by atoms with Gasteiger partial charge in [0.25, 0.3) is 0 Å². The zero-order valence-corrected chi connectivity index (χ0v) is 18.2. The Labute approximate surface area is 185 Å². The van der Waals surface area contributed by atoms with Crippen LogP contribution in [0, 0.1) is 11.8 Å². The topological polar surface area (TPSA) is 58.4 Å². The molecule has 0 radical (unpaired) electrons. The number of Topliss-reactive ketones (excluding diaryl/α,β-unsaturated/α-hetero) is 1. The van der Waals surface area contributed by atoms with Gasteiger partial charge in [0.1, 0.15) is 5.69 Å². The molecule has 4 rings (SSSR count). The second kappa shape index (κ2) is 8.69. The summed E-state index contributed by atoms with van der Waals surface area (Å²) in [5, 5.41) is 4.11. The summed E-state index contributed by atoms with van der Waals surface area (Å²) in [6.45, 7) is 3.19. The summed E-state index contributed by atoms with van der Waals surface area (Å²) in [4.78, 5) is 28.3. The van der Waals surface area contributed by atoms with Crippen molar-refractivity contribution in [2.24, 2.45) is 11.8 Å². The molecule has 1 aromatic carbocycles. The average Bonchev–Trinajstić information content (AvgIpc) is 3.47. The molecule has 1 saturated heterocycles. The summed E-state index contributed by atoms with van der Waals surface area (Å²) in [6, 6.07) is 7.23. The van der Waals surface area contributed by atoms with E-state index in [4.69, 9.17) is 0 Å². The molecule has 1 aliphatic carbocycles. The van der Waals surface area contributed by atoms with Crippen LogP contribution in [0.5, 0.6) is 0 Å². The first-order valence-electron chi connectivity index (χ1n) is 10.9. The number of fused-ring (bicyclic) bond motifs is 1. The maximum absolute atomic E-state index is 13.3. The minimum Gasteiger partial charge on any atom is -0.322 e. The van der Waals surface area contributed by atoms with Crippen molar-refractivity contribution in [3.63, 3.8) is 0 Å². The van der Waals surface area contributed by atoms with Crippen LogP contribution in [0.2, 0.25) is 0 Å². The number of ketones is 1. The fourth-order valence-corrected chi connectivity index (χ4v) is 5.02. The van der Waals surface area contributed by atoms with E-state index in [0.29, 0.717) is 37.0 Å². The van der Waals surface area contributed by atoms with Crippen LogP contribution < -0.4 is 0 Å². The Bertz CT molecular complexity index is 989. The molecule has 0 bridgehead atoms. The predicted octanol–water partition coefficient (Wildman–Crippen LogP) is 4.31. The molecule has 1 saturated carbocycles. The molecular formula is C23H27F3N4O2. The number of likely N-dealkylation sites (tertiary alicyclic amines) is 1. The molecule has 2 aromatic rings. The minimum absolute atomic E-state index is 0.104. The van der Waals surface area contributed by atoms with Gasteiger partial charge in [-0.05, 0) is 49.4 Å². The summed E-state index contributed by atoms with van der Waals surface area (Å²) < 4.78 is 41.1. The molecule has 1 unspecified atom stereocenters. The van der Waals surface area contributed by atoms with Gasteiger partial charge in [-0.1, -0.05) is 25.1 Å². The average molecular weight is 448 g/mol. The fourth-order valence-electron chi connectivity index (χ4n) is 5.02. The zero-order valence-electron chi connectivity index (χ0n) is 18.2. The molecule has 6 nitrogen and oxygen atoms in total. The highest BCUT2D eigenvalue weighted by atomic mass is 19.4. The van der Waals surface area contributed by atoms with E-state index in [1.165, 1.54) is 23.0 Å². The maximum atomic E-state index is 13.3. The van der Waals surface area contributed by atoms with E-state index in [1.54, 1.807) is 24.0 Å². The molecule has 2 aliphatic rings. The molecule has 172 valence electrons. The summed E-state index contributed by atoms with van der Waals surface area (Å²) in [7, 11) is 1.87. The third-order valence-electron chi connectivity index (χ3n) is 6.75. The number of benzene rings is 1. The number of alkyl halides is 3. The first kappa shape index (κ1) is 22.5. The lowest BCUT2D eigenvalue weighted by Gasteiger charge is -2.27. The molecule has 0 N–H and O–H groups in total. The molecule has 0 spiro atoms. The van der Waals surface area contributed by atoms with Gasteiger partial charge >= 0.3 is 12.2 Å². The second-order valence-corrected chi connectivity index (χ2v) is 8.83. The van der Waals surface area contributed by atoms with E-state index in [0.717, 1.165) is 18.9 Å². The summed E-state index contributed by atoms with van der Waals surface area (Å²) >= 11 is 0. The largest absolute Gasteiger partial charge is 0.416 e. The van der Waals surface area contributed by atoms with Crippen molar-refractivity contribution >= 4 is 11.8 Å². The smallest absolute Gasteiger partial charge is 0.322 e. The SMILES string of the molecule is CCC(=O)c1ccn(C(=O)N2C[C@H]3CC(N(C)Cc4ccccc4C(F)(F)F)C[C@H]3C2)n1. The number of halogens is 3. The molecular weight excluding hydrogens is 421 g/mol. The van der Waals surface area contributed by atoms with Gasteiger partial charge in [0, 0.05) is 38.3 Å². The monoisotopic (exact) mass is 448 g/mol. The predicted molar refractivity (Wildman–Crippen MR) is 112 cm³/mol. The van der Waals surface area contributed by atoms with Crippen LogP contribution in [0.3, 0.4) is 0 Å². The van der Waals surface area contributed by atoms with Crippen LogP contribution in [0.25, 0.3) is 0 Å². The first-order valence-corrected chi connectivity index (χ1v) is 10.9. The van der Waals surface area contributed by atoms with Crippen LogP contribution in [0.15, 0.2) is 36.5 Å². The Morgan fingerprint density at radius 2 is 1.78 bits per heavy atom. The van der Waals surface area contributed by atoms with Crippen molar-refractivity contribution in [2.45, 2.75) is 44.9 Å². The number of carbonyl (C=O) groups is 2. The number of carbonyl (C=O) groups excluding carboxylic acids is 2. The number of nitrogens with zero attached hydrogens (tertiary/aromatic N) is 4. The highest BCUT2D eigenvalue weighted by Crippen LogP contribution is 2.41. The Morgan fingerprint density at radius 3 is 2.41 bits per heavy atom. The normalized spacial score (nSPS) is 23.1. The van der Waals surface area contributed by atoms with Crippen LogP contribution in [-0.4, -0.2) is 57.6 Å². The molecule has 9 heteroatoms. The van der Waals surface area contributed by atoms with Crippen molar-refractivity contribution in [1.29, 1.82) is 0 Å². The number of hydrogen-bond donors (Lipinski definition) is 0. The summed E-state index contributed by atoms with van der Waals surface area (Å²) in [5.41, 5.74) is -0.00416. The molecule has 1 amide bonds. The lowest BCUT2D eigenvalue weighted by atomic mass is 10.0. The summed E-state index contributed by atoms with van der Waals surface area (Å²) in [6.07, 6.45) is -0.816. The van der Waals surface area contributed by atoms with Crippen molar-refractivity contribution in [3.05, 3.63) is 53.3 Å². The lowest BCUT2D eigenvalue weighted by molar-refractivity contribution is -0.138. The van der Waals surface area contributed by atoms with E-state index in [1.807, 2.05) is 11.9 Å². The molecule has 32 heavy (non-hydrogen) atoms. The molecule has 1 aromatic heterocycles. The van der Waals surface area contributed by atoms with Crippen molar-refractivity contribution in [3.8, 4) is 0 Å². The van der Waals surface area contributed by atoms with E-state index in [9.17, 15) is 22.8 Å². The van der Waals surface area contributed by atoms with Crippen molar-refractivity contribution in [2.75, 3.05) is 20.1 Å². The van der Waals surface area contributed by atoms with Gasteiger partial charge in [-0.25, -0.2) is 4.79 Å². The maximum Gasteiger partial charge on any atom is 0.416 e. The van der Waals surface area contributed by atoms with Gasteiger partial charge in [-0.15, -0.1) is 0 Å². The van der Waals surface area contributed by atoms with Gasteiger partial charge < -0.3 is 4.90 Å². The third-order valence-corrected chi connectivity index (χ3v) is 6.75. The highest BCUT2D eigenvalue weighted by Gasteiger charge is 2.44. The van der Waals surface area contributed by atoms with E-state index < -0.39 is 11.7 Å². The third kappa shape index (κ3) is 4.44. The van der Waals surface area contributed by atoms with Crippen LogP contribution in [-0.2, 0) is 12.7 Å². The zero-order chi connectivity index (χ0) is 23.0. The van der Waals surface area contributed by atoms with Gasteiger partial charge in [-0.3, -0.25) is 9.69 Å². The Hall–Kier alpha value is -2.68. The molecule has 3 atom stereocenters. The second-order valence-electron chi connectivity index (χ2n) is 8.83. The first-order chi connectivity index (χ1) is 15.2. The number of amides is 1. The van der Waals surface area contributed by atoms with Gasteiger partial charge in [0.2, 0.25) is 0 Å². The lowest BCUT2D eigenvalue weighted by Crippen LogP contribution is -2.36. The van der Waals surface area contributed by atoms with E-state index in [-0.39, 0.29) is 30.0 Å². The van der Waals surface area contributed by atoms with Crippen LogP contribution in [0.4, 0.5) is 18.0 Å². The Morgan fingerprint density at radius 1 is 1.12 bits per heavy atom. The van der Waals surface area contributed by atoms with E-state index in [2.05, 4.69) is 5.10 Å². The number of hydrogen-bond acceptors (Lipinski definition) is 4.